The molecular formula is C11H11N3O2. The second kappa shape index (κ2) is 4.14. The molecule has 0 aliphatic heterocycles. The number of rotatable bonds is 3. The van der Waals surface area contributed by atoms with Crippen LogP contribution in [0.15, 0.2) is 36.9 Å². The summed E-state index contributed by atoms with van der Waals surface area (Å²) in [5.41, 5.74) is 1.60. The average Bonchev–Trinajstić information content (AvgIpc) is 2.81. The Morgan fingerprint density at radius 2 is 2.31 bits per heavy atom. The summed E-state index contributed by atoms with van der Waals surface area (Å²) in [6.07, 6.45) is 5.62. The Hall–Kier alpha value is -2.17. The third-order valence-corrected chi connectivity index (χ3v) is 2.43. The summed E-state index contributed by atoms with van der Waals surface area (Å²) < 4.78 is 1.64. The Kier molecular flexibility index (Phi) is 2.68. The van der Waals surface area contributed by atoms with Crippen molar-refractivity contribution in [2.24, 2.45) is 0 Å². The van der Waals surface area contributed by atoms with Gasteiger partial charge in [0.05, 0.1) is 11.3 Å². The summed E-state index contributed by atoms with van der Waals surface area (Å²) >= 11 is 0. The van der Waals surface area contributed by atoms with Crippen molar-refractivity contribution in [3.63, 3.8) is 0 Å². The molecule has 0 saturated carbocycles. The molecule has 1 aromatic heterocycles. The molecule has 82 valence electrons. The van der Waals surface area contributed by atoms with Crippen LogP contribution >= 0.6 is 0 Å². The Morgan fingerprint density at radius 3 is 2.88 bits per heavy atom. The summed E-state index contributed by atoms with van der Waals surface area (Å²) in [5, 5.41) is 11.0. The van der Waals surface area contributed by atoms with Crippen LogP contribution in [-0.4, -0.2) is 14.5 Å². The van der Waals surface area contributed by atoms with Crippen LogP contribution in [0.2, 0.25) is 0 Å². The van der Waals surface area contributed by atoms with E-state index in [-0.39, 0.29) is 10.6 Å². The minimum absolute atomic E-state index is 0.109. The van der Waals surface area contributed by atoms with Gasteiger partial charge in [0.2, 0.25) is 0 Å². The van der Waals surface area contributed by atoms with E-state index in [0.717, 1.165) is 12.0 Å². The lowest BCUT2D eigenvalue weighted by Gasteiger charge is -2.05. The van der Waals surface area contributed by atoms with E-state index in [0.29, 0.717) is 5.69 Å². The maximum Gasteiger partial charge on any atom is 0.293 e. The molecule has 0 atom stereocenters. The zero-order valence-electron chi connectivity index (χ0n) is 8.83. The zero-order valence-corrected chi connectivity index (χ0v) is 8.83. The fraction of sp³-hybridized carbons (Fsp3) is 0.182. The molecule has 0 amide bonds. The highest BCUT2D eigenvalue weighted by Gasteiger charge is 2.15. The zero-order chi connectivity index (χ0) is 11.5. The fourth-order valence-corrected chi connectivity index (χ4v) is 1.56. The maximum absolute atomic E-state index is 11.0. The standard InChI is InChI=1S/C11H11N3O2/c1-2-9-3-4-10(11(7-9)14(15)16)13-6-5-12-8-13/h3-8H,2H2,1H3. The first kappa shape index (κ1) is 10.4. The van der Waals surface area contributed by atoms with E-state index in [2.05, 4.69) is 4.98 Å². The lowest BCUT2D eigenvalue weighted by Crippen LogP contribution is -1.99. The van der Waals surface area contributed by atoms with Gasteiger partial charge in [0.25, 0.3) is 5.69 Å². The maximum atomic E-state index is 11.0. The first-order valence-corrected chi connectivity index (χ1v) is 4.98. The van der Waals surface area contributed by atoms with Gasteiger partial charge in [0, 0.05) is 18.5 Å². The monoisotopic (exact) mass is 217 g/mol. The van der Waals surface area contributed by atoms with Crippen LogP contribution in [0.3, 0.4) is 0 Å². The molecule has 0 spiro atoms. The van der Waals surface area contributed by atoms with Gasteiger partial charge in [-0.2, -0.15) is 0 Å². The molecule has 1 aromatic carbocycles. The van der Waals surface area contributed by atoms with Crippen molar-refractivity contribution in [3.05, 3.63) is 52.6 Å². The topological polar surface area (TPSA) is 61.0 Å². The van der Waals surface area contributed by atoms with E-state index < -0.39 is 0 Å². The van der Waals surface area contributed by atoms with Gasteiger partial charge in [-0.1, -0.05) is 13.0 Å². The lowest BCUT2D eigenvalue weighted by atomic mass is 10.1. The Labute approximate surface area is 92.5 Å². The van der Waals surface area contributed by atoms with E-state index in [1.165, 1.54) is 0 Å². The molecular weight excluding hydrogens is 206 g/mol. The molecule has 0 aliphatic rings. The first-order valence-electron chi connectivity index (χ1n) is 4.98. The first-order chi connectivity index (χ1) is 7.72. The Bertz CT molecular complexity index is 506. The number of nitro benzene ring substituents is 1. The second-order valence-corrected chi connectivity index (χ2v) is 3.40. The number of aromatic nitrogens is 2. The van der Waals surface area contributed by atoms with Crippen molar-refractivity contribution < 1.29 is 4.92 Å². The number of benzene rings is 1. The van der Waals surface area contributed by atoms with E-state index in [1.54, 1.807) is 35.4 Å². The van der Waals surface area contributed by atoms with Crippen LogP contribution in [0.4, 0.5) is 5.69 Å². The predicted molar refractivity (Wildman–Crippen MR) is 59.6 cm³/mol. The van der Waals surface area contributed by atoms with Crippen molar-refractivity contribution in [1.29, 1.82) is 0 Å². The quantitative estimate of drug-likeness (QED) is 0.585. The number of nitrogens with zero attached hydrogens (tertiary/aromatic N) is 3. The minimum atomic E-state index is -0.367. The van der Waals surface area contributed by atoms with Crippen LogP contribution in [0, 0.1) is 10.1 Å². The molecule has 0 saturated heterocycles. The van der Waals surface area contributed by atoms with Crippen LogP contribution in [0.25, 0.3) is 5.69 Å². The molecule has 5 nitrogen and oxygen atoms in total. The molecule has 5 heteroatoms. The molecule has 16 heavy (non-hydrogen) atoms. The van der Waals surface area contributed by atoms with Crippen molar-refractivity contribution in [3.8, 4) is 5.69 Å². The highest BCUT2D eigenvalue weighted by Crippen LogP contribution is 2.24. The summed E-state index contributed by atoms with van der Waals surface area (Å²) in [4.78, 5) is 14.5. The molecule has 0 N–H and O–H groups in total. The van der Waals surface area contributed by atoms with E-state index >= 15 is 0 Å². The number of hydrogen-bond donors (Lipinski definition) is 0. The van der Waals surface area contributed by atoms with Gasteiger partial charge in [-0.25, -0.2) is 4.98 Å². The minimum Gasteiger partial charge on any atom is -0.300 e. The Balaban J connectivity index is 2.57. The fourth-order valence-electron chi connectivity index (χ4n) is 1.56. The average molecular weight is 217 g/mol. The van der Waals surface area contributed by atoms with Gasteiger partial charge in [-0.15, -0.1) is 0 Å². The van der Waals surface area contributed by atoms with Crippen LogP contribution in [0.5, 0.6) is 0 Å². The van der Waals surface area contributed by atoms with Gasteiger partial charge >= 0.3 is 0 Å². The summed E-state index contributed by atoms with van der Waals surface area (Å²) in [6.45, 7) is 1.97. The lowest BCUT2D eigenvalue weighted by molar-refractivity contribution is -0.384. The van der Waals surface area contributed by atoms with E-state index in [1.807, 2.05) is 13.0 Å². The largest absolute Gasteiger partial charge is 0.300 e. The molecule has 1 heterocycles. The highest BCUT2D eigenvalue weighted by molar-refractivity contribution is 5.54. The summed E-state index contributed by atoms with van der Waals surface area (Å²) in [5.74, 6) is 0. The van der Waals surface area contributed by atoms with Gasteiger partial charge in [0.15, 0.2) is 0 Å². The molecule has 0 aliphatic carbocycles. The van der Waals surface area contributed by atoms with Gasteiger partial charge in [-0.3, -0.25) is 10.1 Å². The van der Waals surface area contributed by atoms with Crippen molar-refractivity contribution in [2.45, 2.75) is 13.3 Å². The van der Waals surface area contributed by atoms with Gasteiger partial charge in [-0.05, 0) is 18.1 Å². The molecule has 0 bridgehead atoms. The van der Waals surface area contributed by atoms with Crippen molar-refractivity contribution in [1.82, 2.24) is 9.55 Å². The summed E-state index contributed by atoms with van der Waals surface area (Å²) in [7, 11) is 0. The third-order valence-electron chi connectivity index (χ3n) is 2.43. The van der Waals surface area contributed by atoms with Crippen LogP contribution in [0.1, 0.15) is 12.5 Å². The van der Waals surface area contributed by atoms with E-state index in [4.69, 9.17) is 0 Å². The smallest absolute Gasteiger partial charge is 0.293 e. The third kappa shape index (κ3) is 1.79. The molecule has 0 radical (unpaired) electrons. The van der Waals surface area contributed by atoms with E-state index in [9.17, 15) is 10.1 Å². The highest BCUT2D eigenvalue weighted by atomic mass is 16.6. The SMILES string of the molecule is CCc1ccc(-n2ccnc2)c([N+](=O)[O-])c1. The molecule has 0 unspecified atom stereocenters. The molecule has 0 fully saturated rings. The number of nitro groups is 1. The van der Waals surface area contributed by atoms with Crippen molar-refractivity contribution in [2.75, 3.05) is 0 Å². The number of imidazole rings is 1. The second-order valence-electron chi connectivity index (χ2n) is 3.40. The van der Waals surface area contributed by atoms with Gasteiger partial charge in [0.1, 0.15) is 5.69 Å². The Morgan fingerprint density at radius 1 is 1.50 bits per heavy atom. The molecule has 2 rings (SSSR count). The summed E-state index contributed by atoms with van der Waals surface area (Å²) in [6, 6.07) is 5.25. The molecule has 2 aromatic rings. The number of aryl methyl sites for hydroxylation is 1. The normalized spacial score (nSPS) is 10.3. The van der Waals surface area contributed by atoms with Crippen molar-refractivity contribution >= 4 is 5.69 Å². The predicted octanol–water partition coefficient (Wildman–Crippen LogP) is 2.34. The number of hydrogen-bond acceptors (Lipinski definition) is 3. The van der Waals surface area contributed by atoms with Crippen LogP contribution < -0.4 is 0 Å². The van der Waals surface area contributed by atoms with Crippen LogP contribution in [-0.2, 0) is 6.42 Å². The van der Waals surface area contributed by atoms with Gasteiger partial charge < -0.3 is 4.57 Å².